The maximum absolute atomic E-state index is 5.72. The van der Waals surface area contributed by atoms with E-state index in [9.17, 15) is 0 Å². The molecule has 0 saturated carbocycles. The van der Waals surface area contributed by atoms with Gasteiger partial charge < -0.3 is 4.74 Å². The largest absolute Gasteiger partial charge is 0.377 e. The van der Waals surface area contributed by atoms with Crippen LogP contribution in [0.2, 0.25) is 0 Å². The van der Waals surface area contributed by atoms with Crippen molar-refractivity contribution in [2.24, 2.45) is 0 Å². The van der Waals surface area contributed by atoms with Crippen LogP contribution in [0.1, 0.15) is 34.1 Å². The Bertz CT molecular complexity index is 206. The molecule has 1 fully saturated rings. The Labute approximate surface area is 101 Å². The third kappa shape index (κ3) is 3.72. The van der Waals surface area contributed by atoms with Crippen LogP contribution in [-0.4, -0.2) is 61.3 Å². The van der Waals surface area contributed by atoms with Gasteiger partial charge in [-0.2, -0.15) is 0 Å². The molecule has 1 rings (SSSR count). The fraction of sp³-hybridized carbons (Fsp3) is 1.00. The molecule has 96 valence electrons. The molecule has 1 aliphatic heterocycles. The summed E-state index contributed by atoms with van der Waals surface area (Å²) in [6, 6.07) is 1.91. The standard InChI is InChI=1S/C13H28N2O/c1-10(2)15(6)12-7-13(14(5)8-12)9-16-11(3)4/h10-13H,7-9H2,1-6H3/t12-,13+/m1/s1. The highest BCUT2D eigenvalue weighted by molar-refractivity contribution is 4.89. The van der Waals surface area contributed by atoms with E-state index >= 15 is 0 Å². The summed E-state index contributed by atoms with van der Waals surface area (Å²) >= 11 is 0. The molecular formula is C13H28N2O. The quantitative estimate of drug-likeness (QED) is 0.714. The summed E-state index contributed by atoms with van der Waals surface area (Å²) in [4.78, 5) is 4.91. The van der Waals surface area contributed by atoms with Gasteiger partial charge in [0.25, 0.3) is 0 Å². The Hall–Kier alpha value is -0.120. The van der Waals surface area contributed by atoms with E-state index in [-0.39, 0.29) is 0 Å². The van der Waals surface area contributed by atoms with Crippen LogP contribution in [0.5, 0.6) is 0 Å². The molecule has 0 bridgehead atoms. The lowest BCUT2D eigenvalue weighted by Crippen LogP contribution is -2.38. The molecule has 0 aromatic heterocycles. The summed E-state index contributed by atoms with van der Waals surface area (Å²) in [5.74, 6) is 0. The molecule has 0 spiro atoms. The minimum absolute atomic E-state index is 0.343. The zero-order valence-corrected chi connectivity index (χ0v) is 11.7. The van der Waals surface area contributed by atoms with Crippen molar-refractivity contribution in [1.29, 1.82) is 0 Å². The smallest absolute Gasteiger partial charge is 0.0625 e. The van der Waals surface area contributed by atoms with Crippen LogP contribution in [0.4, 0.5) is 0 Å². The summed E-state index contributed by atoms with van der Waals surface area (Å²) < 4.78 is 5.72. The Morgan fingerprint density at radius 1 is 1.31 bits per heavy atom. The first-order valence-electron chi connectivity index (χ1n) is 6.45. The Kier molecular flexibility index (Phi) is 5.22. The molecule has 2 atom stereocenters. The highest BCUT2D eigenvalue weighted by Gasteiger charge is 2.32. The lowest BCUT2D eigenvalue weighted by atomic mass is 10.1. The van der Waals surface area contributed by atoms with E-state index in [1.165, 1.54) is 13.0 Å². The topological polar surface area (TPSA) is 15.7 Å². The molecule has 3 nitrogen and oxygen atoms in total. The van der Waals surface area contributed by atoms with Crippen molar-refractivity contribution < 1.29 is 4.74 Å². The lowest BCUT2D eigenvalue weighted by Gasteiger charge is -2.27. The van der Waals surface area contributed by atoms with Gasteiger partial charge in [-0.15, -0.1) is 0 Å². The summed E-state index contributed by atoms with van der Waals surface area (Å²) in [5.41, 5.74) is 0. The van der Waals surface area contributed by atoms with Crippen molar-refractivity contribution >= 4 is 0 Å². The second kappa shape index (κ2) is 5.99. The van der Waals surface area contributed by atoms with Gasteiger partial charge in [-0.05, 0) is 48.2 Å². The van der Waals surface area contributed by atoms with E-state index in [0.29, 0.717) is 24.2 Å². The molecule has 0 radical (unpaired) electrons. The van der Waals surface area contributed by atoms with Crippen LogP contribution in [-0.2, 0) is 4.74 Å². The number of hydrogen-bond acceptors (Lipinski definition) is 3. The maximum atomic E-state index is 5.72. The van der Waals surface area contributed by atoms with Crippen molar-refractivity contribution in [2.45, 2.75) is 58.3 Å². The number of ether oxygens (including phenoxy) is 1. The van der Waals surface area contributed by atoms with Gasteiger partial charge in [0, 0.05) is 24.7 Å². The highest BCUT2D eigenvalue weighted by atomic mass is 16.5. The average molecular weight is 228 g/mol. The van der Waals surface area contributed by atoms with E-state index in [0.717, 1.165) is 6.61 Å². The molecule has 0 aliphatic carbocycles. The molecule has 0 N–H and O–H groups in total. The first-order chi connectivity index (χ1) is 7.41. The predicted molar refractivity (Wildman–Crippen MR) is 68.8 cm³/mol. The summed E-state index contributed by atoms with van der Waals surface area (Å²) in [6.07, 6.45) is 1.58. The van der Waals surface area contributed by atoms with E-state index in [2.05, 4.69) is 51.6 Å². The third-order valence-electron chi connectivity index (χ3n) is 3.68. The van der Waals surface area contributed by atoms with Crippen molar-refractivity contribution in [2.75, 3.05) is 27.2 Å². The molecule has 1 saturated heterocycles. The highest BCUT2D eigenvalue weighted by Crippen LogP contribution is 2.21. The Morgan fingerprint density at radius 3 is 2.44 bits per heavy atom. The minimum Gasteiger partial charge on any atom is -0.377 e. The van der Waals surface area contributed by atoms with Crippen LogP contribution >= 0.6 is 0 Å². The van der Waals surface area contributed by atoms with Gasteiger partial charge in [-0.3, -0.25) is 9.80 Å². The van der Waals surface area contributed by atoms with Crippen molar-refractivity contribution in [3.05, 3.63) is 0 Å². The van der Waals surface area contributed by atoms with Crippen LogP contribution in [0.3, 0.4) is 0 Å². The lowest BCUT2D eigenvalue weighted by molar-refractivity contribution is 0.0430. The number of likely N-dealkylation sites (N-methyl/N-ethyl adjacent to an activating group) is 2. The summed E-state index contributed by atoms with van der Waals surface area (Å²) in [6.45, 7) is 10.8. The fourth-order valence-electron chi connectivity index (χ4n) is 2.27. The van der Waals surface area contributed by atoms with Crippen LogP contribution < -0.4 is 0 Å². The Morgan fingerprint density at radius 2 is 1.94 bits per heavy atom. The predicted octanol–water partition coefficient (Wildman–Crippen LogP) is 1.82. The minimum atomic E-state index is 0.343. The zero-order valence-electron chi connectivity index (χ0n) is 11.7. The number of nitrogens with zero attached hydrogens (tertiary/aromatic N) is 2. The van der Waals surface area contributed by atoms with Gasteiger partial charge in [-0.25, -0.2) is 0 Å². The van der Waals surface area contributed by atoms with Gasteiger partial charge in [0.1, 0.15) is 0 Å². The number of rotatable bonds is 5. The molecule has 3 heteroatoms. The van der Waals surface area contributed by atoms with Gasteiger partial charge in [0.15, 0.2) is 0 Å². The normalized spacial score (nSPS) is 27.6. The number of hydrogen-bond donors (Lipinski definition) is 0. The number of likely N-dealkylation sites (tertiary alicyclic amines) is 1. The maximum Gasteiger partial charge on any atom is 0.0625 e. The SMILES string of the molecule is CC(C)OC[C@@H]1C[C@@H](N(C)C(C)C)CN1C. The molecule has 1 heterocycles. The molecule has 0 unspecified atom stereocenters. The molecule has 0 amide bonds. The Balaban J connectivity index is 2.41. The third-order valence-corrected chi connectivity index (χ3v) is 3.68. The van der Waals surface area contributed by atoms with Gasteiger partial charge in [0.05, 0.1) is 12.7 Å². The monoisotopic (exact) mass is 228 g/mol. The first-order valence-corrected chi connectivity index (χ1v) is 6.45. The van der Waals surface area contributed by atoms with Gasteiger partial charge in [0.2, 0.25) is 0 Å². The molecule has 1 aliphatic rings. The zero-order chi connectivity index (χ0) is 12.3. The average Bonchev–Trinajstić information content (AvgIpc) is 2.55. The van der Waals surface area contributed by atoms with Crippen molar-refractivity contribution in [1.82, 2.24) is 9.80 Å². The van der Waals surface area contributed by atoms with Crippen LogP contribution in [0, 0.1) is 0 Å². The second-order valence-corrected chi connectivity index (χ2v) is 5.62. The fourth-order valence-corrected chi connectivity index (χ4v) is 2.27. The van der Waals surface area contributed by atoms with Gasteiger partial charge in [-0.1, -0.05) is 0 Å². The molecule has 0 aromatic rings. The summed E-state index contributed by atoms with van der Waals surface area (Å²) in [5, 5.41) is 0. The molecule has 0 aromatic carbocycles. The second-order valence-electron chi connectivity index (χ2n) is 5.62. The summed E-state index contributed by atoms with van der Waals surface area (Å²) in [7, 11) is 4.44. The van der Waals surface area contributed by atoms with E-state index < -0.39 is 0 Å². The molecule has 16 heavy (non-hydrogen) atoms. The van der Waals surface area contributed by atoms with Crippen molar-refractivity contribution in [3.63, 3.8) is 0 Å². The van der Waals surface area contributed by atoms with Gasteiger partial charge >= 0.3 is 0 Å². The molecular weight excluding hydrogens is 200 g/mol. The van der Waals surface area contributed by atoms with Crippen LogP contribution in [0.25, 0.3) is 0 Å². The first kappa shape index (κ1) is 13.9. The van der Waals surface area contributed by atoms with Crippen LogP contribution in [0.15, 0.2) is 0 Å². The van der Waals surface area contributed by atoms with E-state index in [1.54, 1.807) is 0 Å². The van der Waals surface area contributed by atoms with E-state index in [1.807, 2.05) is 0 Å². The van der Waals surface area contributed by atoms with E-state index in [4.69, 9.17) is 4.74 Å². The van der Waals surface area contributed by atoms with Crippen molar-refractivity contribution in [3.8, 4) is 0 Å².